The molecule has 0 radical (unpaired) electrons. The molecule has 0 atom stereocenters. The molecule has 0 N–H and O–H groups in total. The average Bonchev–Trinajstić information content (AvgIpc) is 2.39. The van der Waals surface area contributed by atoms with Crippen LogP contribution < -0.4 is 34.7 Å². The van der Waals surface area contributed by atoms with Crippen molar-refractivity contribution in [3.05, 3.63) is 33.4 Å². The molecule has 0 saturated carbocycles. The number of unbranched alkanes of at least 4 members (excludes halogenated alkanes) is 4. The van der Waals surface area contributed by atoms with Crippen LogP contribution in [0.4, 0.5) is 0 Å². The monoisotopic (exact) mass is 395 g/mol. The van der Waals surface area contributed by atoms with E-state index in [4.69, 9.17) is 5.26 Å². The Hall–Kier alpha value is -0.0900. The first kappa shape index (κ1) is 22.2. The van der Waals surface area contributed by atoms with Crippen LogP contribution in [0.1, 0.15) is 51.0 Å². The second kappa shape index (κ2) is 15.3. The van der Waals surface area contributed by atoms with Gasteiger partial charge in [-0.05, 0) is 47.6 Å². The molecular weight excluding hydrogens is 376 g/mol. The van der Waals surface area contributed by atoms with Gasteiger partial charge in [-0.1, -0.05) is 44.7 Å². The summed E-state index contributed by atoms with van der Waals surface area (Å²) in [5, 5.41) is 18.4. The number of carboxylic acids is 1. The molecule has 104 valence electrons. The second-order valence-electron chi connectivity index (χ2n) is 4.13. The van der Waals surface area contributed by atoms with Crippen LogP contribution in [0.15, 0.2) is 24.3 Å². The van der Waals surface area contributed by atoms with Crippen LogP contribution in [-0.4, -0.2) is 5.97 Å². The van der Waals surface area contributed by atoms with Crippen molar-refractivity contribution in [3.63, 3.8) is 0 Å². The van der Waals surface area contributed by atoms with E-state index in [9.17, 15) is 9.90 Å². The van der Waals surface area contributed by atoms with Gasteiger partial charge in [0.15, 0.2) is 0 Å². The minimum absolute atomic E-state index is 0. The molecule has 20 heavy (non-hydrogen) atoms. The molecular formula is C15H19INNaO2. The molecule has 0 aromatic heterocycles. The Morgan fingerprint density at radius 3 is 2.30 bits per heavy atom. The summed E-state index contributed by atoms with van der Waals surface area (Å²) in [6.07, 6.45) is 5.61. The summed E-state index contributed by atoms with van der Waals surface area (Å²) >= 11 is 2.14. The molecule has 1 aromatic carbocycles. The molecule has 0 heterocycles. The van der Waals surface area contributed by atoms with E-state index in [2.05, 4.69) is 35.6 Å². The summed E-state index contributed by atoms with van der Waals surface area (Å²) in [7, 11) is 0. The quantitative estimate of drug-likeness (QED) is 0.395. The number of carbonyl (C=O) groups excluding carboxylic acids is 1. The molecule has 0 saturated heterocycles. The molecule has 5 heteroatoms. The van der Waals surface area contributed by atoms with Gasteiger partial charge in [-0.15, -0.1) is 0 Å². The number of benzene rings is 1. The third kappa shape index (κ3) is 12.9. The van der Waals surface area contributed by atoms with Gasteiger partial charge < -0.3 is 9.90 Å². The van der Waals surface area contributed by atoms with E-state index in [0.717, 1.165) is 28.4 Å². The molecule has 0 spiro atoms. The fraction of sp³-hybridized carbons (Fsp3) is 0.467. The van der Waals surface area contributed by atoms with Gasteiger partial charge in [-0.2, -0.15) is 5.26 Å². The van der Waals surface area contributed by atoms with Crippen molar-refractivity contribution in [2.45, 2.75) is 45.4 Å². The zero-order chi connectivity index (χ0) is 14.5. The fourth-order valence-corrected chi connectivity index (χ4v) is 1.93. The Morgan fingerprint density at radius 1 is 1.25 bits per heavy atom. The Morgan fingerprint density at radius 2 is 1.85 bits per heavy atom. The average molecular weight is 395 g/mol. The van der Waals surface area contributed by atoms with Gasteiger partial charge in [-0.3, -0.25) is 0 Å². The summed E-state index contributed by atoms with van der Waals surface area (Å²) in [6, 6.07) is 9.59. The number of aliphatic carboxylic acids is 1. The maximum Gasteiger partial charge on any atom is 1.00 e. The summed E-state index contributed by atoms with van der Waals surface area (Å²) < 4.78 is 1.01. The van der Waals surface area contributed by atoms with E-state index in [1.807, 2.05) is 24.3 Å². The number of carbonyl (C=O) groups is 1. The van der Waals surface area contributed by atoms with E-state index in [1.54, 1.807) is 0 Å². The molecule has 0 aliphatic heterocycles. The van der Waals surface area contributed by atoms with Crippen LogP contribution in [0.2, 0.25) is 0 Å². The van der Waals surface area contributed by atoms with E-state index in [0.29, 0.717) is 0 Å². The Kier molecular flexibility index (Phi) is 17.0. The molecule has 0 amide bonds. The van der Waals surface area contributed by atoms with E-state index in [1.165, 1.54) is 12.8 Å². The zero-order valence-electron chi connectivity index (χ0n) is 12.2. The number of nitrogens with zero attached hydrogens (tertiary/aromatic N) is 1. The molecule has 0 fully saturated rings. The van der Waals surface area contributed by atoms with Gasteiger partial charge in [-0.25, -0.2) is 0 Å². The van der Waals surface area contributed by atoms with Crippen molar-refractivity contribution >= 4 is 28.6 Å². The van der Waals surface area contributed by atoms with Crippen molar-refractivity contribution in [2.75, 3.05) is 0 Å². The van der Waals surface area contributed by atoms with Gasteiger partial charge >= 0.3 is 29.6 Å². The van der Waals surface area contributed by atoms with Crippen molar-refractivity contribution in [1.82, 2.24) is 0 Å². The molecule has 1 aromatic rings. The third-order valence-electron chi connectivity index (χ3n) is 2.48. The predicted octanol–water partition coefficient (Wildman–Crippen LogP) is 0.264. The number of carboxylic acid groups (broad SMARTS) is 1. The number of nitriles is 1. The maximum absolute atomic E-state index is 9.92. The van der Waals surface area contributed by atoms with Gasteiger partial charge in [0.05, 0.1) is 5.56 Å². The summed E-state index contributed by atoms with van der Waals surface area (Å²) in [4.78, 5) is 9.92. The first-order chi connectivity index (χ1) is 9.11. The zero-order valence-corrected chi connectivity index (χ0v) is 16.4. The van der Waals surface area contributed by atoms with E-state index >= 15 is 0 Å². The van der Waals surface area contributed by atoms with Crippen LogP contribution >= 0.6 is 22.6 Å². The normalized spacial score (nSPS) is 8.65. The van der Waals surface area contributed by atoms with Gasteiger partial charge in [0.2, 0.25) is 0 Å². The molecule has 0 aliphatic rings. The molecule has 0 aliphatic carbocycles. The van der Waals surface area contributed by atoms with Crippen molar-refractivity contribution in [3.8, 4) is 6.07 Å². The van der Waals surface area contributed by atoms with Gasteiger partial charge in [0.1, 0.15) is 6.07 Å². The maximum atomic E-state index is 9.92. The third-order valence-corrected chi connectivity index (χ3v) is 3.42. The largest absolute Gasteiger partial charge is 1.00 e. The number of hydrogen-bond acceptors (Lipinski definition) is 3. The Labute approximate surface area is 157 Å². The van der Waals surface area contributed by atoms with E-state index in [-0.39, 0.29) is 36.0 Å². The van der Waals surface area contributed by atoms with Crippen molar-refractivity contribution in [2.24, 2.45) is 0 Å². The number of rotatable bonds is 6. The van der Waals surface area contributed by atoms with Crippen LogP contribution in [0.3, 0.4) is 0 Å². The molecule has 3 nitrogen and oxygen atoms in total. The Bertz CT molecular complexity index is 419. The first-order valence-electron chi connectivity index (χ1n) is 6.46. The topological polar surface area (TPSA) is 63.9 Å². The smallest absolute Gasteiger partial charge is 0.550 e. The molecule has 0 bridgehead atoms. The van der Waals surface area contributed by atoms with Crippen LogP contribution in [0, 0.1) is 14.9 Å². The second-order valence-corrected chi connectivity index (χ2v) is 5.29. The predicted molar refractivity (Wildman–Crippen MR) is 82.3 cm³/mol. The minimum Gasteiger partial charge on any atom is -0.550 e. The SMILES string of the molecule is CCCCCCCC(=O)[O-].N#Cc1ccccc1I.[Na+]. The van der Waals surface area contributed by atoms with Crippen LogP contribution in [-0.2, 0) is 4.79 Å². The first-order valence-corrected chi connectivity index (χ1v) is 7.54. The van der Waals surface area contributed by atoms with Crippen molar-refractivity contribution < 1.29 is 39.5 Å². The fourth-order valence-electron chi connectivity index (χ4n) is 1.42. The van der Waals surface area contributed by atoms with E-state index < -0.39 is 5.97 Å². The summed E-state index contributed by atoms with van der Waals surface area (Å²) in [5.41, 5.74) is 0.748. The Balaban J connectivity index is 0. The summed E-state index contributed by atoms with van der Waals surface area (Å²) in [6.45, 7) is 2.14. The number of hydrogen-bond donors (Lipinski definition) is 0. The van der Waals surface area contributed by atoms with Crippen LogP contribution in [0.5, 0.6) is 0 Å². The molecule has 0 unspecified atom stereocenters. The van der Waals surface area contributed by atoms with Crippen molar-refractivity contribution in [1.29, 1.82) is 5.26 Å². The van der Waals surface area contributed by atoms with Gasteiger partial charge in [0, 0.05) is 9.54 Å². The number of halogens is 1. The van der Waals surface area contributed by atoms with Crippen LogP contribution in [0.25, 0.3) is 0 Å². The molecule has 1 rings (SSSR count). The summed E-state index contributed by atoms with van der Waals surface area (Å²) in [5.74, 6) is -0.920. The standard InChI is InChI=1S/C8H16O2.C7H4IN.Na/c1-2-3-4-5-6-7-8(9)10;8-7-4-2-1-3-6(7)5-9;/h2-7H2,1H3,(H,9,10);1-4H;/q;;+1/p-1. The van der Waals surface area contributed by atoms with Gasteiger partial charge in [0.25, 0.3) is 0 Å². The minimum atomic E-state index is -0.920.